The number of hydrogen-bond donors (Lipinski definition) is 3. The van der Waals surface area contributed by atoms with Gasteiger partial charge in [-0.15, -0.1) is 0 Å². The van der Waals surface area contributed by atoms with Crippen molar-refractivity contribution in [2.24, 2.45) is 0 Å². The molecule has 0 radical (unpaired) electrons. The standard InChI is InChI=1S/C18H32O3P/c1-16(2,3)12-10-13(17(4,5)6)15(22(19,20)21)14(11-12)18(7,8)9/h10-11,19-21H,1-9H3/q+1. The molecule has 0 spiro atoms. The van der Waals surface area contributed by atoms with Crippen LogP contribution in [-0.2, 0) is 16.2 Å². The Labute approximate surface area is 136 Å². The van der Waals surface area contributed by atoms with Crippen LogP contribution >= 0.6 is 7.94 Å². The average molecular weight is 327 g/mol. The summed E-state index contributed by atoms with van der Waals surface area (Å²) in [6.45, 7) is 18.6. The third-order valence-corrected chi connectivity index (χ3v) is 4.97. The first kappa shape index (κ1) is 19.6. The summed E-state index contributed by atoms with van der Waals surface area (Å²) in [4.78, 5) is 30.3. The topological polar surface area (TPSA) is 60.7 Å². The molecule has 0 heterocycles. The lowest BCUT2D eigenvalue weighted by atomic mass is 9.75. The Kier molecular flexibility index (Phi) is 4.95. The second-order valence-corrected chi connectivity index (χ2v) is 10.8. The van der Waals surface area contributed by atoms with E-state index >= 15 is 0 Å². The van der Waals surface area contributed by atoms with E-state index in [-0.39, 0.29) is 16.2 Å². The molecule has 3 N–H and O–H groups in total. The smallest absolute Gasteiger partial charge is 0.189 e. The van der Waals surface area contributed by atoms with Gasteiger partial charge in [0.2, 0.25) is 0 Å². The molecule has 0 aliphatic heterocycles. The lowest BCUT2D eigenvalue weighted by Crippen LogP contribution is -2.34. The molecule has 0 amide bonds. The van der Waals surface area contributed by atoms with Crippen molar-refractivity contribution in [3.63, 3.8) is 0 Å². The van der Waals surface area contributed by atoms with Crippen molar-refractivity contribution >= 4 is 13.2 Å². The van der Waals surface area contributed by atoms with Gasteiger partial charge < -0.3 is 0 Å². The maximum atomic E-state index is 10.1. The van der Waals surface area contributed by atoms with Crippen LogP contribution in [0.5, 0.6) is 0 Å². The molecule has 22 heavy (non-hydrogen) atoms. The SMILES string of the molecule is CC(C)(C)c1cc(C(C)(C)C)c([P+](O)(O)O)c(C(C)(C)C)c1. The van der Waals surface area contributed by atoms with Gasteiger partial charge in [0.05, 0.1) is 0 Å². The molecule has 0 fully saturated rings. The summed E-state index contributed by atoms with van der Waals surface area (Å²) in [5, 5.41) is 0.320. The van der Waals surface area contributed by atoms with E-state index in [1.54, 1.807) is 0 Å². The van der Waals surface area contributed by atoms with E-state index in [0.29, 0.717) is 5.30 Å². The molecule has 0 unspecified atom stereocenters. The molecule has 0 saturated heterocycles. The Morgan fingerprint density at radius 3 is 1.14 bits per heavy atom. The van der Waals surface area contributed by atoms with E-state index < -0.39 is 7.94 Å². The van der Waals surface area contributed by atoms with E-state index in [9.17, 15) is 14.7 Å². The van der Waals surface area contributed by atoms with Gasteiger partial charge in [-0.2, -0.15) is 14.7 Å². The van der Waals surface area contributed by atoms with Crippen molar-refractivity contribution in [2.45, 2.75) is 78.6 Å². The van der Waals surface area contributed by atoms with Gasteiger partial charge in [-0.25, -0.2) is 0 Å². The fourth-order valence-corrected chi connectivity index (χ4v) is 3.98. The lowest BCUT2D eigenvalue weighted by Gasteiger charge is -2.32. The van der Waals surface area contributed by atoms with Crippen LogP contribution in [0, 0.1) is 0 Å². The van der Waals surface area contributed by atoms with Crippen LogP contribution in [0.15, 0.2) is 12.1 Å². The number of rotatable bonds is 1. The summed E-state index contributed by atoms with van der Waals surface area (Å²) in [7, 11) is -4.11. The van der Waals surface area contributed by atoms with Crippen LogP contribution in [-0.4, -0.2) is 14.7 Å². The molecule has 0 aliphatic rings. The highest BCUT2D eigenvalue weighted by Crippen LogP contribution is 2.49. The van der Waals surface area contributed by atoms with Crippen LogP contribution in [0.1, 0.15) is 79.0 Å². The third kappa shape index (κ3) is 4.29. The summed E-state index contributed by atoms with van der Waals surface area (Å²) in [6, 6.07) is 4.03. The molecule has 1 aromatic rings. The van der Waals surface area contributed by atoms with Gasteiger partial charge in [-0.3, -0.25) is 0 Å². The van der Waals surface area contributed by atoms with E-state index in [4.69, 9.17) is 0 Å². The first-order valence-corrected chi connectivity index (χ1v) is 9.38. The maximum Gasteiger partial charge on any atom is 0.441 e. The van der Waals surface area contributed by atoms with Gasteiger partial charge in [0, 0.05) is 11.1 Å². The highest BCUT2D eigenvalue weighted by molar-refractivity contribution is 7.67. The van der Waals surface area contributed by atoms with Gasteiger partial charge >= 0.3 is 7.94 Å². The summed E-state index contributed by atoms with van der Waals surface area (Å²) in [5.74, 6) is 0. The Hall–Kier alpha value is -0.470. The second kappa shape index (κ2) is 5.56. The Balaban J connectivity index is 3.96. The van der Waals surface area contributed by atoms with Crippen LogP contribution in [0.4, 0.5) is 0 Å². The minimum Gasteiger partial charge on any atom is -0.189 e. The molecule has 0 bridgehead atoms. The zero-order valence-electron chi connectivity index (χ0n) is 15.4. The fourth-order valence-electron chi connectivity index (χ4n) is 2.53. The average Bonchev–Trinajstić information content (AvgIpc) is 2.22. The maximum absolute atomic E-state index is 10.1. The second-order valence-electron chi connectivity index (χ2n) is 9.24. The fraction of sp³-hybridized carbons (Fsp3) is 0.667. The summed E-state index contributed by atoms with van der Waals surface area (Å²) in [6.07, 6.45) is 0. The van der Waals surface area contributed by atoms with Crippen molar-refractivity contribution < 1.29 is 14.7 Å². The molecule has 0 aliphatic carbocycles. The molecule has 0 atom stereocenters. The normalized spacial score (nSPS) is 14.4. The van der Waals surface area contributed by atoms with E-state index in [0.717, 1.165) is 16.7 Å². The zero-order chi connectivity index (χ0) is 17.7. The van der Waals surface area contributed by atoms with Crippen LogP contribution in [0.3, 0.4) is 0 Å². The van der Waals surface area contributed by atoms with Crippen molar-refractivity contribution in [1.82, 2.24) is 0 Å². The third-order valence-electron chi connectivity index (χ3n) is 3.89. The summed E-state index contributed by atoms with van der Waals surface area (Å²) >= 11 is 0. The Bertz CT molecular complexity index is 515. The highest BCUT2D eigenvalue weighted by atomic mass is 31.2. The summed E-state index contributed by atoms with van der Waals surface area (Å²) in [5.41, 5.74) is 2.11. The number of benzene rings is 1. The van der Waals surface area contributed by atoms with Crippen molar-refractivity contribution in [3.8, 4) is 0 Å². The van der Waals surface area contributed by atoms with Crippen LogP contribution in [0.25, 0.3) is 0 Å². The highest BCUT2D eigenvalue weighted by Gasteiger charge is 2.45. The van der Waals surface area contributed by atoms with Gasteiger partial charge in [-0.1, -0.05) is 74.4 Å². The first-order chi connectivity index (χ1) is 9.45. The predicted octanol–water partition coefficient (Wildman–Crippen LogP) is 3.94. The molecular weight excluding hydrogens is 295 g/mol. The number of hydrogen-bond acceptors (Lipinski definition) is 3. The van der Waals surface area contributed by atoms with Crippen LogP contribution in [0.2, 0.25) is 0 Å². The van der Waals surface area contributed by atoms with Gasteiger partial charge in [0.1, 0.15) is 0 Å². The van der Waals surface area contributed by atoms with Crippen molar-refractivity contribution in [3.05, 3.63) is 28.8 Å². The monoisotopic (exact) mass is 327 g/mol. The minimum atomic E-state index is -4.11. The molecule has 0 saturated carbocycles. The van der Waals surface area contributed by atoms with Gasteiger partial charge in [-0.05, 0) is 21.8 Å². The quantitative estimate of drug-likeness (QED) is 0.685. The summed E-state index contributed by atoms with van der Waals surface area (Å²) < 4.78 is 0. The zero-order valence-corrected chi connectivity index (χ0v) is 16.3. The minimum absolute atomic E-state index is 0.0556. The molecule has 1 rings (SSSR count). The van der Waals surface area contributed by atoms with E-state index in [1.807, 2.05) is 53.7 Å². The first-order valence-electron chi connectivity index (χ1n) is 7.73. The molecule has 0 aromatic heterocycles. The Morgan fingerprint density at radius 2 is 0.955 bits per heavy atom. The largest absolute Gasteiger partial charge is 0.441 e. The predicted molar refractivity (Wildman–Crippen MR) is 95.8 cm³/mol. The van der Waals surface area contributed by atoms with Gasteiger partial charge in [0.25, 0.3) is 0 Å². The molecule has 126 valence electrons. The molecule has 1 aromatic carbocycles. The van der Waals surface area contributed by atoms with Crippen molar-refractivity contribution in [2.75, 3.05) is 0 Å². The van der Waals surface area contributed by atoms with Crippen LogP contribution < -0.4 is 5.30 Å². The lowest BCUT2D eigenvalue weighted by molar-refractivity contribution is 0.344. The molecule has 4 heteroatoms. The molecular formula is C18H32O3P+. The van der Waals surface area contributed by atoms with E-state index in [2.05, 4.69) is 20.8 Å². The Morgan fingerprint density at radius 1 is 0.636 bits per heavy atom. The van der Waals surface area contributed by atoms with Crippen molar-refractivity contribution in [1.29, 1.82) is 0 Å². The van der Waals surface area contributed by atoms with Gasteiger partial charge in [0.15, 0.2) is 5.30 Å². The van der Waals surface area contributed by atoms with E-state index in [1.165, 1.54) is 0 Å². The molecule has 3 nitrogen and oxygen atoms in total.